The molecular weight excluding hydrogens is 148 g/mol. The van der Waals surface area contributed by atoms with Crippen molar-refractivity contribution in [2.75, 3.05) is 6.61 Å². The van der Waals surface area contributed by atoms with E-state index >= 15 is 0 Å². The molecule has 1 heteroatoms. The lowest BCUT2D eigenvalue weighted by Gasteiger charge is -2.33. The van der Waals surface area contributed by atoms with E-state index < -0.39 is 0 Å². The summed E-state index contributed by atoms with van der Waals surface area (Å²) in [5.41, 5.74) is 0. The Morgan fingerprint density at radius 3 is 2.00 bits per heavy atom. The van der Waals surface area contributed by atoms with Gasteiger partial charge in [-0.1, -0.05) is 27.7 Å². The molecule has 1 heterocycles. The Morgan fingerprint density at radius 2 is 1.67 bits per heavy atom. The summed E-state index contributed by atoms with van der Waals surface area (Å²) < 4.78 is 5.81. The van der Waals surface area contributed by atoms with Gasteiger partial charge >= 0.3 is 0 Å². The zero-order chi connectivity index (χ0) is 9.14. The van der Waals surface area contributed by atoms with E-state index in [1.165, 1.54) is 12.8 Å². The molecule has 2 atom stereocenters. The summed E-state index contributed by atoms with van der Waals surface area (Å²) in [4.78, 5) is 0. The van der Waals surface area contributed by atoms with E-state index in [1.54, 1.807) is 0 Å². The summed E-state index contributed by atoms with van der Waals surface area (Å²) in [7, 11) is 0. The predicted octanol–water partition coefficient (Wildman–Crippen LogP) is 3.09. The van der Waals surface area contributed by atoms with E-state index in [9.17, 15) is 0 Å². The quantitative estimate of drug-likeness (QED) is 0.619. The van der Waals surface area contributed by atoms with Crippen molar-refractivity contribution in [3.05, 3.63) is 0 Å². The van der Waals surface area contributed by atoms with Crippen LogP contribution >= 0.6 is 0 Å². The van der Waals surface area contributed by atoms with Gasteiger partial charge in [-0.25, -0.2) is 0 Å². The summed E-state index contributed by atoms with van der Waals surface area (Å²) in [6.45, 7) is 10.1. The first-order valence-corrected chi connectivity index (χ1v) is 5.23. The maximum Gasteiger partial charge on any atom is 0.0598 e. The summed E-state index contributed by atoms with van der Waals surface area (Å²) in [5, 5.41) is 0. The van der Waals surface area contributed by atoms with Crippen molar-refractivity contribution in [2.24, 2.45) is 17.8 Å². The lowest BCUT2D eigenvalue weighted by molar-refractivity contribution is -0.0496. The zero-order valence-corrected chi connectivity index (χ0v) is 8.84. The first kappa shape index (κ1) is 10.0. The fourth-order valence-corrected chi connectivity index (χ4v) is 1.84. The molecule has 0 aromatic heterocycles. The molecule has 0 N–H and O–H groups in total. The van der Waals surface area contributed by atoms with Crippen LogP contribution in [0, 0.1) is 17.8 Å². The Labute approximate surface area is 76.5 Å². The number of hydrogen-bond donors (Lipinski definition) is 0. The van der Waals surface area contributed by atoms with Crippen LogP contribution in [0.25, 0.3) is 0 Å². The molecule has 0 aromatic rings. The molecule has 72 valence electrons. The maximum absolute atomic E-state index is 5.81. The molecule has 0 aromatic carbocycles. The molecule has 1 nitrogen and oxygen atoms in total. The van der Waals surface area contributed by atoms with Crippen LogP contribution in [0.1, 0.15) is 40.5 Å². The van der Waals surface area contributed by atoms with Gasteiger partial charge in [0, 0.05) is 0 Å². The highest BCUT2D eigenvalue weighted by molar-refractivity contribution is 4.74. The third-order valence-electron chi connectivity index (χ3n) is 3.03. The second kappa shape index (κ2) is 4.27. The van der Waals surface area contributed by atoms with Gasteiger partial charge in [0.1, 0.15) is 0 Å². The molecule has 0 aliphatic carbocycles. The molecule has 0 amide bonds. The molecule has 0 spiro atoms. The van der Waals surface area contributed by atoms with Gasteiger partial charge in [0.2, 0.25) is 0 Å². The topological polar surface area (TPSA) is 9.23 Å². The highest BCUT2D eigenvalue weighted by Gasteiger charge is 2.25. The minimum Gasteiger partial charge on any atom is -0.378 e. The van der Waals surface area contributed by atoms with Crippen molar-refractivity contribution in [3.8, 4) is 0 Å². The molecule has 0 unspecified atom stereocenters. The highest BCUT2D eigenvalue weighted by atomic mass is 16.5. The maximum atomic E-state index is 5.81. The molecule has 1 aliphatic heterocycles. The van der Waals surface area contributed by atoms with Crippen LogP contribution in [0.2, 0.25) is 0 Å². The second-order valence-corrected chi connectivity index (χ2v) is 4.70. The van der Waals surface area contributed by atoms with E-state index in [1.807, 2.05) is 0 Å². The summed E-state index contributed by atoms with van der Waals surface area (Å²) in [5.74, 6) is 2.29. The van der Waals surface area contributed by atoms with Crippen LogP contribution in [0.15, 0.2) is 0 Å². The minimum atomic E-state index is 0.528. The van der Waals surface area contributed by atoms with Gasteiger partial charge in [0.25, 0.3) is 0 Å². The average Bonchev–Trinajstić information content (AvgIpc) is 2.04. The number of rotatable bonds is 2. The van der Waals surface area contributed by atoms with Crippen LogP contribution in [0.3, 0.4) is 0 Å². The van der Waals surface area contributed by atoms with Crippen LogP contribution in [-0.4, -0.2) is 12.7 Å². The number of hydrogen-bond acceptors (Lipinski definition) is 1. The van der Waals surface area contributed by atoms with Crippen molar-refractivity contribution < 1.29 is 4.74 Å². The van der Waals surface area contributed by atoms with Gasteiger partial charge in [-0.3, -0.25) is 0 Å². The van der Waals surface area contributed by atoms with Gasteiger partial charge in [-0.05, 0) is 30.6 Å². The Morgan fingerprint density at radius 1 is 1.00 bits per heavy atom. The first-order chi connectivity index (χ1) is 5.61. The van der Waals surface area contributed by atoms with Gasteiger partial charge in [-0.15, -0.1) is 0 Å². The third kappa shape index (κ3) is 2.48. The fourth-order valence-electron chi connectivity index (χ4n) is 1.84. The Bertz CT molecular complexity index is 105. The summed E-state index contributed by atoms with van der Waals surface area (Å²) in [6, 6.07) is 0. The van der Waals surface area contributed by atoms with Crippen LogP contribution in [-0.2, 0) is 4.74 Å². The Hall–Kier alpha value is -0.0400. The Balaban J connectivity index is 2.30. The lowest BCUT2D eigenvalue weighted by Crippen LogP contribution is -2.31. The summed E-state index contributed by atoms with van der Waals surface area (Å²) in [6.07, 6.45) is 3.15. The fraction of sp³-hybridized carbons (Fsp3) is 1.00. The smallest absolute Gasteiger partial charge is 0.0598 e. The standard InChI is InChI=1S/C11H22O/c1-8(2)10-5-6-11(9(3)4)12-7-10/h8-11H,5-7H2,1-4H3/t10-,11+/m1/s1. The van der Waals surface area contributed by atoms with Crippen molar-refractivity contribution in [2.45, 2.75) is 46.6 Å². The van der Waals surface area contributed by atoms with Gasteiger partial charge in [0.05, 0.1) is 12.7 Å². The predicted molar refractivity (Wildman–Crippen MR) is 52.1 cm³/mol. The molecule has 0 radical (unpaired) electrons. The van der Waals surface area contributed by atoms with Gasteiger partial charge < -0.3 is 4.74 Å². The van der Waals surface area contributed by atoms with Crippen molar-refractivity contribution >= 4 is 0 Å². The molecule has 0 bridgehead atoms. The Kier molecular flexibility index (Phi) is 3.57. The van der Waals surface area contributed by atoms with Crippen LogP contribution in [0.5, 0.6) is 0 Å². The molecule has 12 heavy (non-hydrogen) atoms. The normalized spacial score (nSPS) is 31.5. The summed E-state index contributed by atoms with van der Waals surface area (Å²) >= 11 is 0. The SMILES string of the molecule is CC(C)[C@@H]1CC[C@@H](C(C)C)OC1. The molecule has 1 aliphatic rings. The average molecular weight is 170 g/mol. The third-order valence-corrected chi connectivity index (χ3v) is 3.03. The first-order valence-electron chi connectivity index (χ1n) is 5.23. The van der Waals surface area contributed by atoms with E-state index in [-0.39, 0.29) is 0 Å². The van der Waals surface area contributed by atoms with Crippen LogP contribution in [0.4, 0.5) is 0 Å². The van der Waals surface area contributed by atoms with Crippen molar-refractivity contribution in [1.82, 2.24) is 0 Å². The van der Waals surface area contributed by atoms with Crippen molar-refractivity contribution in [1.29, 1.82) is 0 Å². The van der Waals surface area contributed by atoms with Crippen LogP contribution < -0.4 is 0 Å². The van der Waals surface area contributed by atoms with Crippen molar-refractivity contribution in [3.63, 3.8) is 0 Å². The molecule has 1 rings (SSSR count). The molecular formula is C11H22O. The monoisotopic (exact) mass is 170 g/mol. The largest absolute Gasteiger partial charge is 0.378 e. The zero-order valence-electron chi connectivity index (χ0n) is 8.84. The molecule has 1 fully saturated rings. The van der Waals surface area contributed by atoms with Gasteiger partial charge in [0.15, 0.2) is 0 Å². The van der Waals surface area contributed by atoms with E-state index in [2.05, 4.69) is 27.7 Å². The highest BCUT2D eigenvalue weighted by Crippen LogP contribution is 2.27. The number of ether oxygens (including phenoxy) is 1. The second-order valence-electron chi connectivity index (χ2n) is 4.70. The molecule has 0 saturated carbocycles. The van der Waals surface area contributed by atoms with E-state index in [0.717, 1.165) is 18.4 Å². The van der Waals surface area contributed by atoms with Gasteiger partial charge in [-0.2, -0.15) is 0 Å². The van der Waals surface area contributed by atoms with E-state index in [4.69, 9.17) is 4.74 Å². The minimum absolute atomic E-state index is 0.528. The lowest BCUT2D eigenvalue weighted by atomic mass is 9.86. The van der Waals surface area contributed by atoms with E-state index in [0.29, 0.717) is 12.0 Å². The molecule has 1 saturated heterocycles.